The Labute approximate surface area is 115 Å². The maximum atomic E-state index is 5.95. The Morgan fingerprint density at radius 2 is 2.11 bits per heavy atom. The molecular weight excluding hydrogens is 273 g/mol. The second kappa shape index (κ2) is 6.18. The van der Waals surface area contributed by atoms with E-state index >= 15 is 0 Å². The average Bonchev–Trinajstić information content (AvgIpc) is 2.79. The highest BCUT2D eigenvalue weighted by molar-refractivity contribution is 6.42. The van der Waals surface area contributed by atoms with E-state index < -0.39 is 0 Å². The molecule has 0 unspecified atom stereocenters. The van der Waals surface area contributed by atoms with Crippen LogP contribution in [0.5, 0.6) is 0 Å². The number of benzene rings is 1. The molecule has 0 atom stereocenters. The lowest BCUT2D eigenvalue weighted by Gasteiger charge is -1.99. The number of halogens is 2. The fourth-order valence-corrected chi connectivity index (χ4v) is 1.82. The summed E-state index contributed by atoms with van der Waals surface area (Å²) in [6.07, 6.45) is 0.576. The number of nitrogens with zero attached hydrogens (tertiary/aromatic N) is 2. The lowest BCUT2D eigenvalue weighted by atomic mass is 10.1. The summed E-state index contributed by atoms with van der Waals surface area (Å²) in [4.78, 5) is 4.28. The van der Waals surface area contributed by atoms with Crippen LogP contribution in [0, 0.1) is 0 Å². The summed E-state index contributed by atoms with van der Waals surface area (Å²) in [7, 11) is 0. The lowest BCUT2D eigenvalue weighted by molar-refractivity contribution is 0.365. The van der Waals surface area contributed by atoms with E-state index in [1.165, 1.54) is 0 Å². The van der Waals surface area contributed by atoms with Crippen molar-refractivity contribution in [2.45, 2.75) is 19.9 Å². The van der Waals surface area contributed by atoms with Crippen LogP contribution in [-0.4, -0.2) is 16.7 Å². The third-order valence-corrected chi connectivity index (χ3v) is 3.12. The molecule has 96 valence electrons. The highest BCUT2D eigenvalue weighted by Crippen LogP contribution is 2.23. The summed E-state index contributed by atoms with van der Waals surface area (Å²) in [5.74, 6) is 1.23. The van der Waals surface area contributed by atoms with Crippen molar-refractivity contribution in [1.29, 1.82) is 0 Å². The van der Waals surface area contributed by atoms with Gasteiger partial charge in [-0.05, 0) is 24.2 Å². The molecule has 0 saturated carbocycles. The molecular formula is C12H13Cl2N3O. The van der Waals surface area contributed by atoms with Crippen molar-refractivity contribution in [3.63, 3.8) is 0 Å². The van der Waals surface area contributed by atoms with Crippen LogP contribution in [0.4, 0.5) is 0 Å². The van der Waals surface area contributed by atoms with Crippen LogP contribution in [-0.2, 0) is 13.0 Å². The maximum absolute atomic E-state index is 5.95. The molecule has 1 N–H and O–H groups in total. The number of hydrogen-bond acceptors (Lipinski definition) is 4. The first-order chi connectivity index (χ1) is 8.69. The number of hydrogen-bond donors (Lipinski definition) is 1. The maximum Gasteiger partial charge on any atom is 0.240 e. The average molecular weight is 286 g/mol. The Balaban J connectivity index is 2.04. The van der Waals surface area contributed by atoms with Crippen LogP contribution < -0.4 is 5.32 Å². The molecule has 1 heterocycles. The summed E-state index contributed by atoms with van der Waals surface area (Å²) in [6.45, 7) is 3.47. The number of nitrogens with one attached hydrogen (secondary N) is 1. The Hall–Kier alpha value is -1.10. The fourth-order valence-electron chi connectivity index (χ4n) is 1.50. The minimum atomic E-state index is 0.533. The third kappa shape index (κ3) is 3.45. The van der Waals surface area contributed by atoms with Crippen molar-refractivity contribution in [3.05, 3.63) is 45.5 Å². The molecule has 1 aromatic carbocycles. The zero-order chi connectivity index (χ0) is 13.0. The van der Waals surface area contributed by atoms with Crippen molar-refractivity contribution in [3.8, 4) is 0 Å². The Bertz CT molecular complexity index is 528. The molecule has 0 amide bonds. The second-order valence-corrected chi connectivity index (χ2v) is 4.62. The van der Waals surface area contributed by atoms with Gasteiger partial charge in [-0.25, -0.2) is 0 Å². The molecule has 1 aromatic heterocycles. The van der Waals surface area contributed by atoms with Crippen LogP contribution in [0.15, 0.2) is 22.7 Å². The van der Waals surface area contributed by atoms with Crippen LogP contribution >= 0.6 is 23.2 Å². The monoisotopic (exact) mass is 285 g/mol. The SMILES string of the molecule is CCNCc1nc(Cc2ccc(Cl)c(Cl)c2)no1. The highest BCUT2D eigenvalue weighted by Gasteiger charge is 2.07. The predicted octanol–water partition coefficient (Wildman–Crippen LogP) is 3.08. The first kappa shape index (κ1) is 13.3. The smallest absolute Gasteiger partial charge is 0.240 e. The Morgan fingerprint density at radius 3 is 2.83 bits per heavy atom. The quantitative estimate of drug-likeness (QED) is 0.917. The molecule has 6 heteroatoms. The van der Waals surface area contributed by atoms with Gasteiger partial charge in [0.2, 0.25) is 5.89 Å². The summed E-state index contributed by atoms with van der Waals surface area (Å²) >= 11 is 11.8. The van der Waals surface area contributed by atoms with Crippen molar-refractivity contribution in [2.75, 3.05) is 6.54 Å². The highest BCUT2D eigenvalue weighted by atomic mass is 35.5. The van der Waals surface area contributed by atoms with E-state index in [2.05, 4.69) is 15.5 Å². The van der Waals surface area contributed by atoms with Gasteiger partial charge >= 0.3 is 0 Å². The summed E-state index contributed by atoms with van der Waals surface area (Å²) in [5.41, 5.74) is 1.00. The van der Waals surface area contributed by atoms with E-state index in [0.29, 0.717) is 34.7 Å². The first-order valence-electron chi connectivity index (χ1n) is 5.65. The number of rotatable bonds is 5. The zero-order valence-electron chi connectivity index (χ0n) is 9.91. The Kier molecular flexibility index (Phi) is 4.58. The van der Waals surface area contributed by atoms with Crippen LogP contribution in [0.2, 0.25) is 10.0 Å². The Morgan fingerprint density at radius 1 is 1.28 bits per heavy atom. The van der Waals surface area contributed by atoms with Gasteiger partial charge in [0.25, 0.3) is 0 Å². The molecule has 0 spiro atoms. The molecule has 2 rings (SSSR count). The molecule has 4 nitrogen and oxygen atoms in total. The largest absolute Gasteiger partial charge is 0.338 e. The van der Waals surface area contributed by atoms with Gasteiger partial charge in [0.05, 0.1) is 16.6 Å². The molecule has 2 aromatic rings. The molecule has 0 aliphatic carbocycles. The third-order valence-electron chi connectivity index (χ3n) is 2.38. The molecule has 18 heavy (non-hydrogen) atoms. The minimum absolute atomic E-state index is 0.533. The minimum Gasteiger partial charge on any atom is -0.338 e. The van der Waals surface area contributed by atoms with Crippen molar-refractivity contribution < 1.29 is 4.52 Å². The van der Waals surface area contributed by atoms with Crippen molar-refractivity contribution in [1.82, 2.24) is 15.5 Å². The van der Waals surface area contributed by atoms with Crippen LogP contribution in [0.25, 0.3) is 0 Å². The second-order valence-electron chi connectivity index (χ2n) is 3.81. The van der Waals surface area contributed by atoms with E-state index in [1.807, 2.05) is 19.1 Å². The van der Waals surface area contributed by atoms with E-state index in [-0.39, 0.29) is 0 Å². The van der Waals surface area contributed by atoms with E-state index in [1.54, 1.807) is 6.07 Å². The normalized spacial score (nSPS) is 10.8. The van der Waals surface area contributed by atoms with E-state index in [0.717, 1.165) is 12.1 Å². The van der Waals surface area contributed by atoms with Crippen molar-refractivity contribution >= 4 is 23.2 Å². The van der Waals surface area contributed by atoms with Gasteiger partial charge in [0, 0.05) is 6.42 Å². The standard InChI is InChI=1S/C12H13Cl2N3O/c1-2-15-7-12-16-11(17-18-12)6-8-3-4-9(13)10(14)5-8/h3-5,15H,2,6-7H2,1H3. The fraction of sp³-hybridized carbons (Fsp3) is 0.333. The molecule has 0 saturated heterocycles. The zero-order valence-corrected chi connectivity index (χ0v) is 11.4. The molecule has 0 fully saturated rings. The van der Waals surface area contributed by atoms with E-state index in [4.69, 9.17) is 27.7 Å². The lowest BCUT2D eigenvalue weighted by Crippen LogP contribution is -2.11. The molecule has 0 radical (unpaired) electrons. The first-order valence-corrected chi connectivity index (χ1v) is 6.40. The van der Waals surface area contributed by atoms with Gasteiger partial charge in [-0.1, -0.05) is 41.3 Å². The van der Waals surface area contributed by atoms with Gasteiger partial charge in [-0.3, -0.25) is 0 Å². The van der Waals surface area contributed by atoms with Crippen LogP contribution in [0.3, 0.4) is 0 Å². The molecule has 0 bridgehead atoms. The summed E-state index contributed by atoms with van der Waals surface area (Å²) < 4.78 is 5.11. The summed E-state index contributed by atoms with van der Waals surface area (Å²) in [6, 6.07) is 5.47. The van der Waals surface area contributed by atoms with Crippen LogP contribution in [0.1, 0.15) is 24.2 Å². The van der Waals surface area contributed by atoms with Gasteiger partial charge < -0.3 is 9.84 Å². The van der Waals surface area contributed by atoms with Gasteiger partial charge in [0.15, 0.2) is 5.82 Å². The summed E-state index contributed by atoms with van der Waals surface area (Å²) in [5, 5.41) is 8.11. The van der Waals surface area contributed by atoms with Crippen molar-refractivity contribution in [2.24, 2.45) is 0 Å². The van der Waals surface area contributed by atoms with Gasteiger partial charge in [-0.2, -0.15) is 4.98 Å². The molecule has 0 aliphatic heterocycles. The van der Waals surface area contributed by atoms with E-state index in [9.17, 15) is 0 Å². The topological polar surface area (TPSA) is 51.0 Å². The van der Waals surface area contributed by atoms with Gasteiger partial charge in [0.1, 0.15) is 0 Å². The molecule has 0 aliphatic rings. The van der Waals surface area contributed by atoms with Gasteiger partial charge in [-0.15, -0.1) is 0 Å². The predicted molar refractivity (Wildman–Crippen MR) is 70.9 cm³/mol. The number of aromatic nitrogens is 2.